The van der Waals surface area contributed by atoms with Gasteiger partial charge in [-0.25, -0.2) is 0 Å². The standard InChI is InChI=1S/C15H9NO3/c17-12-6-7-13(18)14-11(12)8-10(15(19)16-14)9-4-2-1-3-5-9/h1-8H,(H,16,19). The summed E-state index contributed by atoms with van der Waals surface area (Å²) in [5, 5.41) is 0. The second-order valence-corrected chi connectivity index (χ2v) is 4.23. The lowest BCUT2D eigenvalue weighted by molar-refractivity contribution is 0.0990. The predicted octanol–water partition coefficient (Wildman–Crippen LogP) is 1.98. The number of hydrogen-bond donors (Lipinski definition) is 1. The molecule has 1 aliphatic carbocycles. The average Bonchev–Trinajstić information content (AvgIpc) is 2.44. The van der Waals surface area contributed by atoms with Gasteiger partial charge in [-0.15, -0.1) is 0 Å². The number of nitrogens with one attached hydrogen (secondary N) is 1. The molecule has 4 nitrogen and oxygen atoms in total. The highest BCUT2D eigenvalue weighted by Crippen LogP contribution is 2.20. The number of aromatic amines is 1. The Morgan fingerprint density at radius 2 is 1.47 bits per heavy atom. The molecule has 0 saturated carbocycles. The fourth-order valence-electron chi connectivity index (χ4n) is 2.08. The van der Waals surface area contributed by atoms with Crippen LogP contribution in [-0.4, -0.2) is 16.6 Å². The summed E-state index contributed by atoms with van der Waals surface area (Å²) >= 11 is 0. The van der Waals surface area contributed by atoms with Crippen molar-refractivity contribution in [3.63, 3.8) is 0 Å². The van der Waals surface area contributed by atoms with Crippen molar-refractivity contribution in [3.8, 4) is 11.1 Å². The summed E-state index contributed by atoms with van der Waals surface area (Å²) in [5.74, 6) is -0.630. The van der Waals surface area contributed by atoms with E-state index in [9.17, 15) is 14.4 Å². The lowest BCUT2D eigenvalue weighted by Gasteiger charge is -2.10. The molecule has 0 unspecified atom stereocenters. The highest BCUT2D eigenvalue weighted by Gasteiger charge is 2.21. The molecule has 1 aliphatic rings. The van der Waals surface area contributed by atoms with Crippen LogP contribution in [0.15, 0.2) is 53.3 Å². The van der Waals surface area contributed by atoms with E-state index >= 15 is 0 Å². The van der Waals surface area contributed by atoms with E-state index in [0.717, 1.165) is 0 Å². The molecular weight excluding hydrogens is 242 g/mol. The third-order valence-corrected chi connectivity index (χ3v) is 3.02. The van der Waals surface area contributed by atoms with Gasteiger partial charge in [0, 0.05) is 5.56 Å². The van der Waals surface area contributed by atoms with Crippen LogP contribution in [0.4, 0.5) is 0 Å². The van der Waals surface area contributed by atoms with Crippen LogP contribution in [0.2, 0.25) is 0 Å². The zero-order valence-electron chi connectivity index (χ0n) is 9.84. The number of benzene rings is 1. The van der Waals surface area contributed by atoms with Crippen molar-refractivity contribution in [1.82, 2.24) is 4.98 Å². The highest BCUT2D eigenvalue weighted by molar-refractivity contribution is 6.21. The summed E-state index contributed by atoms with van der Waals surface area (Å²) in [6.07, 6.45) is 2.39. The molecule has 0 radical (unpaired) electrons. The van der Waals surface area contributed by atoms with E-state index < -0.39 is 0 Å². The summed E-state index contributed by atoms with van der Waals surface area (Å²) in [7, 11) is 0. The molecule has 1 aromatic heterocycles. The van der Waals surface area contributed by atoms with Gasteiger partial charge >= 0.3 is 0 Å². The first-order valence-corrected chi connectivity index (χ1v) is 5.76. The molecule has 2 aromatic rings. The normalized spacial score (nSPS) is 13.5. The van der Waals surface area contributed by atoms with Gasteiger partial charge in [0.15, 0.2) is 5.78 Å². The lowest BCUT2D eigenvalue weighted by atomic mass is 9.96. The van der Waals surface area contributed by atoms with Crippen LogP contribution >= 0.6 is 0 Å². The number of carbonyl (C=O) groups excluding carboxylic acids is 2. The van der Waals surface area contributed by atoms with Crippen LogP contribution in [0.1, 0.15) is 20.8 Å². The number of carbonyl (C=O) groups is 2. The predicted molar refractivity (Wildman–Crippen MR) is 70.3 cm³/mol. The molecular formula is C15H9NO3. The number of pyridine rings is 1. The minimum absolute atomic E-state index is 0.0668. The van der Waals surface area contributed by atoms with Gasteiger partial charge in [-0.3, -0.25) is 14.4 Å². The highest BCUT2D eigenvalue weighted by atomic mass is 16.1. The molecule has 0 aliphatic heterocycles. The van der Waals surface area contributed by atoms with Crippen molar-refractivity contribution in [2.75, 3.05) is 0 Å². The van der Waals surface area contributed by atoms with Crippen molar-refractivity contribution >= 4 is 11.6 Å². The Morgan fingerprint density at radius 1 is 0.789 bits per heavy atom. The zero-order valence-corrected chi connectivity index (χ0v) is 9.84. The van der Waals surface area contributed by atoms with Crippen molar-refractivity contribution < 1.29 is 9.59 Å². The van der Waals surface area contributed by atoms with Crippen molar-refractivity contribution in [1.29, 1.82) is 0 Å². The Bertz CT molecular complexity index is 770. The molecule has 92 valence electrons. The Hall–Kier alpha value is -2.75. The monoisotopic (exact) mass is 251 g/mol. The molecule has 0 spiro atoms. The third-order valence-electron chi connectivity index (χ3n) is 3.02. The minimum Gasteiger partial charge on any atom is -0.318 e. The van der Waals surface area contributed by atoms with Crippen LogP contribution in [0, 0.1) is 0 Å². The lowest BCUT2D eigenvalue weighted by Crippen LogP contribution is -2.21. The first-order chi connectivity index (χ1) is 9.16. The van der Waals surface area contributed by atoms with Gasteiger partial charge in [-0.05, 0) is 23.8 Å². The van der Waals surface area contributed by atoms with Crippen molar-refractivity contribution in [3.05, 3.63) is 70.2 Å². The molecule has 3 rings (SSSR count). The maximum atomic E-state index is 12.0. The second-order valence-electron chi connectivity index (χ2n) is 4.23. The number of aromatic nitrogens is 1. The maximum absolute atomic E-state index is 12.0. The van der Waals surface area contributed by atoms with E-state index in [1.165, 1.54) is 18.2 Å². The Balaban J connectivity index is 2.27. The van der Waals surface area contributed by atoms with Crippen LogP contribution in [0.25, 0.3) is 11.1 Å². The first kappa shape index (κ1) is 11.3. The summed E-state index contributed by atoms with van der Waals surface area (Å²) in [6.45, 7) is 0. The molecule has 1 aromatic carbocycles. The van der Waals surface area contributed by atoms with Gasteiger partial charge in [0.25, 0.3) is 5.56 Å². The van der Waals surface area contributed by atoms with Crippen molar-refractivity contribution in [2.24, 2.45) is 0 Å². The Kier molecular flexibility index (Phi) is 2.49. The van der Waals surface area contributed by atoms with Crippen LogP contribution in [0.3, 0.4) is 0 Å². The van der Waals surface area contributed by atoms with E-state index in [1.54, 1.807) is 24.3 Å². The summed E-state index contributed by atoms with van der Waals surface area (Å²) < 4.78 is 0. The number of H-pyrrole nitrogens is 1. The van der Waals surface area contributed by atoms with Gasteiger partial charge in [-0.1, -0.05) is 30.3 Å². The molecule has 0 amide bonds. The third kappa shape index (κ3) is 1.83. The van der Waals surface area contributed by atoms with Gasteiger partial charge in [0.1, 0.15) is 5.69 Å². The van der Waals surface area contributed by atoms with Crippen LogP contribution in [0.5, 0.6) is 0 Å². The van der Waals surface area contributed by atoms with Gasteiger partial charge in [-0.2, -0.15) is 0 Å². The molecule has 4 heteroatoms. The van der Waals surface area contributed by atoms with Gasteiger partial charge in [0.05, 0.1) is 5.56 Å². The number of hydrogen-bond acceptors (Lipinski definition) is 3. The Morgan fingerprint density at radius 3 is 2.21 bits per heavy atom. The van der Waals surface area contributed by atoms with E-state index in [2.05, 4.69) is 4.98 Å². The molecule has 0 atom stereocenters. The molecule has 0 saturated heterocycles. The molecule has 0 fully saturated rings. The number of fused-ring (bicyclic) bond motifs is 1. The Labute approximate surface area is 108 Å². The van der Waals surface area contributed by atoms with Crippen LogP contribution in [-0.2, 0) is 0 Å². The topological polar surface area (TPSA) is 67.0 Å². The molecule has 19 heavy (non-hydrogen) atoms. The number of rotatable bonds is 1. The number of ketones is 2. The summed E-state index contributed by atoms with van der Waals surface area (Å²) in [4.78, 5) is 37.9. The SMILES string of the molecule is O=C1C=CC(=O)c2[nH]c(=O)c(-c3ccccc3)cc21. The van der Waals surface area contributed by atoms with E-state index in [0.29, 0.717) is 11.1 Å². The fraction of sp³-hybridized carbons (Fsp3) is 0. The fourth-order valence-corrected chi connectivity index (χ4v) is 2.08. The van der Waals surface area contributed by atoms with E-state index in [-0.39, 0.29) is 28.4 Å². The molecule has 0 bridgehead atoms. The summed E-state index contributed by atoms with van der Waals surface area (Å²) in [5.41, 5.74) is 1.03. The van der Waals surface area contributed by atoms with E-state index in [1.807, 2.05) is 6.07 Å². The van der Waals surface area contributed by atoms with Gasteiger partial charge < -0.3 is 4.98 Å². The van der Waals surface area contributed by atoms with Crippen LogP contribution < -0.4 is 5.56 Å². The summed E-state index contributed by atoms with van der Waals surface area (Å²) in [6, 6.07) is 10.5. The second kappa shape index (κ2) is 4.17. The zero-order chi connectivity index (χ0) is 13.4. The minimum atomic E-state index is -0.374. The van der Waals surface area contributed by atoms with E-state index in [4.69, 9.17) is 0 Å². The quantitative estimate of drug-likeness (QED) is 0.842. The molecule has 1 heterocycles. The average molecular weight is 251 g/mol. The largest absolute Gasteiger partial charge is 0.318 e. The first-order valence-electron chi connectivity index (χ1n) is 5.76. The van der Waals surface area contributed by atoms with Gasteiger partial charge in [0.2, 0.25) is 5.78 Å². The smallest absolute Gasteiger partial charge is 0.256 e. The molecule has 1 N–H and O–H groups in total. The maximum Gasteiger partial charge on any atom is 0.256 e. The van der Waals surface area contributed by atoms with Crippen molar-refractivity contribution in [2.45, 2.75) is 0 Å². The number of allylic oxidation sites excluding steroid dienone is 2.